The number of carbonyl (C=O) groups excluding carboxylic acids is 1. The summed E-state index contributed by atoms with van der Waals surface area (Å²) in [6.45, 7) is 6.54. The topological polar surface area (TPSA) is 123 Å². The number of aliphatic hydroxyl groups is 1. The van der Waals surface area contributed by atoms with Gasteiger partial charge in [0.15, 0.2) is 11.5 Å². The normalized spacial score (nSPS) is 12.6. The summed E-state index contributed by atoms with van der Waals surface area (Å²) in [7, 11) is 0. The number of primary amides is 1. The average molecular weight is 416 g/mol. The fourth-order valence-electron chi connectivity index (χ4n) is 2.50. The van der Waals surface area contributed by atoms with Crippen LogP contribution in [0.1, 0.15) is 17.3 Å². The fraction of sp³-hybridized carbons (Fsp3) is 0.318. The molecule has 0 saturated carbocycles. The summed E-state index contributed by atoms with van der Waals surface area (Å²) in [5.74, 6) is 0.621. The van der Waals surface area contributed by atoms with E-state index >= 15 is 0 Å². The zero-order valence-corrected chi connectivity index (χ0v) is 16.9. The lowest BCUT2D eigenvalue weighted by Gasteiger charge is -2.19. The third kappa shape index (κ3) is 7.31. The molecule has 0 heterocycles. The number of rotatable bonds is 13. The van der Waals surface area contributed by atoms with Crippen molar-refractivity contribution in [3.05, 3.63) is 60.7 Å². The van der Waals surface area contributed by atoms with Gasteiger partial charge in [-0.05, 0) is 37.3 Å². The highest BCUT2D eigenvalue weighted by atomic mass is 16.5. The molecule has 0 fully saturated rings. The Morgan fingerprint density at radius 1 is 1.17 bits per heavy atom. The maximum absolute atomic E-state index is 11.3. The van der Waals surface area contributed by atoms with Gasteiger partial charge in [-0.3, -0.25) is 4.79 Å². The second-order valence-corrected chi connectivity index (χ2v) is 6.67. The molecule has 0 radical (unpaired) electrons. The molecule has 0 saturated heterocycles. The van der Waals surface area contributed by atoms with Gasteiger partial charge in [0.05, 0.1) is 5.56 Å². The summed E-state index contributed by atoms with van der Waals surface area (Å²) in [4.78, 5) is 11.3. The smallest absolute Gasteiger partial charge is 0.252 e. The average Bonchev–Trinajstić information content (AvgIpc) is 2.74. The fourth-order valence-corrected chi connectivity index (χ4v) is 2.50. The Morgan fingerprint density at radius 3 is 2.53 bits per heavy atom. The monoisotopic (exact) mass is 416 g/mol. The van der Waals surface area contributed by atoms with Crippen LogP contribution in [0, 0.1) is 0 Å². The molecule has 0 aliphatic heterocycles. The van der Waals surface area contributed by atoms with E-state index < -0.39 is 12.0 Å². The minimum absolute atomic E-state index is 0.00182. The third-order valence-corrected chi connectivity index (χ3v) is 4.07. The molecule has 2 rings (SSSR count). The van der Waals surface area contributed by atoms with Crippen molar-refractivity contribution in [1.82, 2.24) is 5.32 Å². The van der Waals surface area contributed by atoms with E-state index in [-0.39, 0.29) is 30.6 Å². The zero-order valence-electron chi connectivity index (χ0n) is 16.9. The minimum Gasteiger partial charge on any atom is -0.507 e. The first kappa shape index (κ1) is 23.1. The summed E-state index contributed by atoms with van der Waals surface area (Å²) in [6.07, 6.45) is 0.904. The first-order valence-corrected chi connectivity index (χ1v) is 9.53. The number of nitrogens with one attached hydrogen (secondary N) is 1. The number of phenols is 1. The van der Waals surface area contributed by atoms with Crippen molar-refractivity contribution in [2.24, 2.45) is 5.73 Å². The van der Waals surface area contributed by atoms with Gasteiger partial charge < -0.3 is 35.5 Å². The molecule has 2 unspecified atom stereocenters. The van der Waals surface area contributed by atoms with Crippen molar-refractivity contribution in [1.29, 1.82) is 0 Å². The summed E-state index contributed by atoms with van der Waals surface area (Å²) < 4.78 is 16.8. The Kier molecular flexibility index (Phi) is 8.99. The molecule has 8 nitrogen and oxygen atoms in total. The van der Waals surface area contributed by atoms with Gasteiger partial charge in [0.25, 0.3) is 5.91 Å². The van der Waals surface area contributed by atoms with Crippen LogP contribution in [0.15, 0.2) is 55.1 Å². The van der Waals surface area contributed by atoms with Gasteiger partial charge in [-0.1, -0.05) is 24.8 Å². The van der Waals surface area contributed by atoms with Crippen LogP contribution in [0.4, 0.5) is 0 Å². The Balaban J connectivity index is 1.75. The molecule has 2 aromatic carbocycles. The largest absolute Gasteiger partial charge is 0.507 e. The lowest BCUT2D eigenvalue weighted by Crippen LogP contribution is -2.39. The predicted octanol–water partition coefficient (Wildman–Crippen LogP) is 1.85. The van der Waals surface area contributed by atoms with E-state index in [2.05, 4.69) is 11.9 Å². The second kappa shape index (κ2) is 11.7. The van der Waals surface area contributed by atoms with Crippen LogP contribution < -0.4 is 25.3 Å². The quantitative estimate of drug-likeness (QED) is 0.368. The van der Waals surface area contributed by atoms with Gasteiger partial charge in [0, 0.05) is 12.6 Å². The van der Waals surface area contributed by atoms with Crippen LogP contribution in [0.25, 0.3) is 0 Å². The van der Waals surface area contributed by atoms with E-state index in [4.69, 9.17) is 19.9 Å². The number of amides is 1. The van der Waals surface area contributed by atoms with Crippen LogP contribution in [-0.4, -0.2) is 54.6 Å². The van der Waals surface area contributed by atoms with E-state index in [9.17, 15) is 15.0 Å². The molecular weight excluding hydrogens is 388 g/mol. The molecule has 0 aromatic heterocycles. The molecule has 8 heteroatoms. The number of nitrogens with two attached hydrogens (primary N) is 1. The molecule has 0 spiro atoms. The molecule has 5 N–H and O–H groups in total. The highest BCUT2D eigenvalue weighted by Gasteiger charge is 2.12. The summed E-state index contributed by atoms with van der Waals surface area (Å²) in [5, 5.41) is 22.9. The Morgan fingerprint density at radius 2 is 1.87 bits per heavy atom. The van der Waals surface area contributed by atoms with Crippen molar-refractivity contribution in [3.8, 4) is 23.0 Å². The van der Waals surface area contributed by atoms with Crippen LogP contribution in [-0.2, 0) is 0 Å². The molecule has 0 aliphatic carbocycles. The van der Waals surface area contributed by atoms with E-state index in [1.165, 1.54) is 12.1 Å². The maximum Gasteiger partial charge on any atom is 0.252 e. The number of ether oxygens (including phenoxy) is 3. The van der Waals surface area contributed by atoms with E-state index in [0.717, 1.165) is 0 Å². The van der Waals surface area contributed by atoms with E-state index in [0.29, 0.717) is 30.4 Å². The number of carbonyl (C=O) groups is 1. The number of hydrogen-bond acceptors (Lipinski definition) is 7. The van der Waals surface area contributed by atoms with Gasteiger partial charge >= 0.3 is 0 Å². The number of aromatic hydroxyl groups is 1. The Bertz CT molecular complexity index is 842. The first-order chi connectivity index (χ1) is 14.4. The molecule has 2 aromatic rings. The predicted molar refractivity (Wildman–Crippen MR) is 113 cm³/mol. The Labute approximate surface area is 175 Å². The second-order valence-electron chi connectivity index (χ2n) is 6.67. The standard InChI is InChI=1S/C22H28N2O6/c1-3-10-28-20-6-4-5-7-21(20)30-14-16(25)12-24-15(2)13-29-17-8-9-19(26)18(11-17)22(23)27/h3-9,11,15-16,24-26H,1,10,12-14H2,2H3,(H2,23,27). The van der Waals surface area contributed by atoms with Gasteiger partial charge in [-0.15, -0.1) is 0 Å². The molecule has 0 aliphatic rings. The van der Waals surface area contributed by atoms with E-state index in [1.807, 2.05) is 19.1 Å². The van der Waals surface area contributed by atoms with Crippen molar-refractivity contribution >= 4 is 5.91 Å². The van der Waals surface area contributed by atoms with Gasteiger partial charge in [-0.2, -0.15) is 0 Å². The summed E-state index contributed by atoms with van der Waals surface area (Å²) in [6, 6.07) is 11.4. The van der Waals surface area contributed by atoms with Crippen molar-refractivity contribution < 1.29 is 29.2 Å². The van der Waals surface area contributed by atoms with Crippen LogP contribution in [0.2, 0.25) is 0 Å². The van der Waals surface area contributed by atoms with Gasteiger partial charge in [-0.25, -0.2) is 0 Å². The zero-order chi connectivity index (χ0) is 21.9. The van der Waals surface area contributed by atoms with Crippen LogP contribution in [0.3, 0.4) is 0 Å². The number of hydrogen-bond donors (Lipinski definition) is 4. The minimum atomic E-state index is -0.741. The molecular formula is C22H28N2O6. The molecule has 1 amide bonds. The van der Waals surface area contributed by atoms with Crippen LogP contribution in [0.5, 0.6) is 23.0 Å². The van der Waals surface area contributed by atoms with E-state index in [1.54, 1.807) is 24.3 Å². The summed E-state index contributed by atoms with van der Waals surface area (Å²) in [5.41, 5.74) is 5.20. The van der Waals surface area contributed by atoms with Crippen LogP contribution >= 0.6 is 0 Å². The molecule has 2 atom stereocenters. The summed E-state index contributed by atoms with van der Waals surface area (Å²) >= 11 is 0. The molecule has 162 valence electrons. The maximum atomic E-state index is 11.3. The molecule has 0 bridgehead atoms. The SMILES string of the molecule is C=CCOc1ccccc1OCC(O)CNC(C)COc1ccc(O)c(C(N)=O)c1. The highest BCUT2D eigenvalue weighted by Crippen LogP contribution is 2.26. The van der Waals surface area contributed by atoms with Crippen molar-refractivity contribution in [2.75, 3.05) is 26.4 Å². The highest BCUT2D eigenvalue weighted by molar-refractivity contribution is 5.95. The lowest BCUT2D eigenvalue weighted by molar-refractivity contribution is 0.0990. The number of benzene rings is 2. The Hall–Kier alpha value is -3.23. The van der Waals surface area contributed by atoms with Gasteiger partial charge in [0.1, 0.15) is 37.4 Å². The third-order valence-electron chi connectivity index (χ3n) is 4.07. The number of para-hydroxylation sites is 2. The van der Waals surface area contributed by atoms with Crippen molar-refractivity contribution in [2.45, 2.75) is 19.1 Å². The van der Waals surface area contributed by atoms with Crippen molar-refractivity contribution in [3.63, 3.8) is 0 Å². The number of aliphatic hydroxyl groups excluding tert-OH is 1. The van der Waals surface area contributed by atoms with Gasteiger partial charge in [0.2, 0.25) is 0 Å². The first-order valence-electron chi connectivity index (χ1n) is 9.53. The molecule has 30 heavy (non-hydrogen) atoms. The lowest BCUT2D eigenvalue weighted by atomic mass is 10.2.